The summed E-state index contributed by atoms with van der Waals surface area (Å²) >= 11 is 0. The van der Waals surface area contributed by atoms with Crippen LogP contribution >= 0.6 is 0 Å². The molecule has 8 heteroatoms. The Morgan fingerprint density at radius 1 is 1.00 bits per heavy atom. The van der Waals surface area contributed by atoms with Gasteiger partial charge in [-0.05, 0) is 62.3 Å². The van der Waals surface area contributed by atoms with Crippen LogP contribution in [0.4, 0.5) is 0 Å². The molecule has 6 rings (SSSR count). The number of hydrogen-bond acceptors (Lipinski definition) is 6. The number of nitrogens with zero attached hydrogens (tertiary/aromatic N) is 2. The lowest BCUT2D eigenvalue weighted by molar-refractivity contribution is -0.136. The second-order valence-electron chi connectivity index (χ2n) is 10.6. The first kappa shape index (κ1) is 22.6. The fourth-order valence-corrected chi connectivity index (χ4v) is 6.39. The van der Waals surface area contributed by atoms with Gasteiger partial charge in [-0.15, -0.1) is 0 Å². The summed E-state index contributed by atoms with van der Waals surface area (Å²) in [5, 5.41) is 5.95. The summed E-state index contributed by atoms with van der Waals surface area (Å²) in [4.78, 5) is 41.0. The Hall–Kier alpha value is -2.87. The largest absolute Gasteiger partial charge is 0.489 e. The topological polar surface area (TPSA) is 91.0 Å². The van der Waals surface area contributed by atoms with Gasteiger partial charge in [-0.3, -0.25) is 24.6 Å². The van der Waals surface area contributed by atoms with Crippen LogP contribution in [0, 0.1) is 5.92 Å². The van der Waals surface area contributed by atoms with Gasteiger partial charge in [-0.25, -0.2) is 0 Å². The van der Waals surface area contributed by atoms with Crippen LogP contribution < -0.4 is 15.4 Å². The van der Waals surface area contributed by atoms with E-state index in [-0.39, 0.29) is 30.2 Å². The van der Waals surface area contributed by atoms with E-state index in [1.807, 2.05) is 18.2 Å². The van der Waals surface area contributed by atoms with E-state index < -0.39 is 6.04 Å². The van der Waals surface area contributed by atoms with Gasteiger partial charge >= 0.3 is 0 Å². The van der Waals surface area contributed by atoms with Gasteiger partial charge in [0.1, 0.15) is 17.9 Å². The maximum absolute atomic E-state index is 13.0. The van der Waals surface area contributed by atoms with Crippen LogP contribution in [-0.2, 0) is 16.1 Å². The van der Waals surface area contributed by atoms with Crippen LogP contribution in [0.3, 0.4) is 0 Å². The molecule has 0 spiro atoms. The molecule has 2 N–H and O–H groups in total. The Morgan fingerprint density at radius 3 is 2.66 bits per heavy atom. The normalized spacial score (nSPS) is 29.7. The SMILES string of the molecule is O=C1CCC(N2Cc3cc(O[C@@H]4CCCC[C@H]4N4CC(C5=CCCCN5)C4)ccc3C2=O)C(=O)N1. The van der Waals surface area contributed by atoms with Crippen molar-refractivity contribution in [2.45, 2.75) is 76.1 Å². The minimum atomic E-state index is -0.590. The molecule has 35 heavy (non-hydrogen) atoms. The molecule has 0 aromatic heterocycles. The summed E-state index contributed by atoms with van der Waals surface area (Å²) in [6.07, 6.45) is 10.2. The summed E-state index contributed by atoms with van der Waals surface area (Å²) < 4.78 is 6.56. The van der Waals surface area contributed by atoms with Crippen LogP contribution in [0.2, 0.25) is 0 Å². The molecule has 3 fully saturated rings. The van der Waals surface area contributed by atoms with Gasteiger partial charge in [0.15, 0.2) is 0 Å². The maximum atomic E-state index is 13.0. The van der Waals surface area contributed by atoms with Crippen molar-refractivity contribution in [2.75, 3.05) is 19.6 Å². The van der Waals surface area contributed by atoms with Crippen molar-refractivity contribution in [1.29, 1.82) is 0 Å². The van der Waals surface area contributed by atoms with Crippen molar-refractivity contribution in [3.05, 3.63) is 41.1 Å². The maximum Gasteiger partial charge on any atom is 0.255 e. The number of carbonyl (C=O) groups is 3. The zero-order chi connectivity index (χ0) is 23.9. The van der Waals surface area contributed by atoms with Gasteiger partial charge in [0, 0.05) is 55.8 Å². The highest BCUT2D eigenvalue weighted by atomic mass is 16.5. The van der Waals surface area contributed by atoms with Gasteiger partial charge < -0.3 is 15.0 Å². The second-order valence-corrected chi connectivity index (χ2v) is 10.6. The molecule has 4 heterocycles. The van der Waals surface area contributed by atoms with E-state index in [2.05, 4.69) is 21.6 Å². The number of carbonyl (C=O) groups excluding carboxylic acids is 3. The Labute approximate surface area is 206 Å². The molecule has 3 atom stereocenters. The highest BCUT2D eigenvalue weighted by Crippen LogP contribution is 2.35. The van der Waals surface area contributed by atoms with Crippen LogP contribution in [0.15, 0.2) is 30.0 Å². The minimum absolute atomic E-state index is 0.145. The zero-order valence-electron chi connectivity index (χ0n) is 20.1. The van der Waals surface area contributed by atoms with Crippen LogP contribution in [0.25, 0.3) is 0 Å². The first-order valence-electron chi connectivity index (χ1n) is 13.2. The van der Waals surface area contributed by atoms with Crippen molar-refractivity contribution in [3.63, 3.8) is 0 Å². The summed E-state index contributed by atoms with van der Waals surface area (Å²) in [6.45, 7) is 3.67. The predicted octanol–water partition coefficient (Wildman–Crippen LogP) is 2.34. The molecule has 186 valence electrons. The molecule has 1 unspecified atom stereocenters. The first-order chi connectivity index (χ1) is 17.1. The zero-order valence-corrected chi connectivity index (χ0v) is 20.1. The Bertz CT molecular complexity index is 1060. The second kappa shape index (κ2) is 9.30. The highest BCUT2D eigenvalue weighted by molar-refractivity contribution is 6.05. The molecule has 4 aliphatic heterocycles. The van der Waals surface area contributed by atoms with Gasteiger partial charge in [0.05, 0.1) is 0 Å². The fraction of sp³-hybridized carbons (Fsp3) is 0.593. The first-order valence-corrected chi connectivity index (χ1v) is 13.2. The fourth-order valence-electron chi connectivity index (χ4n) is 6.39. The van der Waals surface area contributed by atoms with Crippen molar-refractivity contribution >= 4 is 17.7 Å². The molecule has 2 saturated heterocycles. The molecule has 1 aromatic rings. The monoisotopic (exact) mass is 478 g/mol. The van der Waals surface area contributed by atoms with Crippen molar-refractivity contribution in [1.82, 2.24) is 20.4 Å². The molecule has 0 radical (unpaired) electrons. The molecule has 0 bridgehead atoms. The quantitative estimate of drug-likeness (QED) is 0.632. The predicted molar refractivity (Wildman–Crippen MR) is 130 cm³/mol. The van der Waals surface area contributed by atoms with E-state index in [4.69, 9.17) is 4.74 Å². The summed E-state index contributed by atoms with van der Waals surface area (Å²) in [7, 11) is 0. The van der Waals surface area contributed by atoms with Gasteiger partial charge in [0.25, 0.3) is 5.91 Å². The smallest absolute Gasteiger partial charge is 0.255 e. The molecule has 3 amide bonds. The van der Waals surface area contributed by atoms with E-state index >= 15 is 0 Å². The molecule has 1 aliphatic carbocycles. The van der Waals surface area contributed by atoms with E-state index in [0.717, 1.165) is 43.8 Å². The van der Waals surface area contributed by atoms with Gasteiger partial charge in [0.2, 0.25) is 11.8 Å². The molecular formula is C27H34N4O4. The van der Waals surface area contributed by atoms with Crippen molar-refractivity contribution in [3.8, 4) is 5.75 Å². The van der Waals surface area contributed by atoms with Crippen LogP contribution in [0.1, 0.15) is 67.3 Å². The Morgan fingerprint density at radius 2 is 1.86 bits per heavy atom. The van der Waals surface area contributed by atoms with Crippen LogP contribution in [-0.4, -0.2) is 65.3 Å². The lowest BCUT2D eigenvalue weighted by Gasteiger charge is -2.49. The highest BCUT2D eigenvalue weighted by Gasteiger charge is 2.41. The van der Waals surface area contributed by atoms with Crippen molar-refractivity contribution < 1.29 is 19.1 Å². The summed E-state index contributed by atoms with van der Waals surface area (Å²) in [6, 6.07) is 5.54. The number of allylic oxidation sites excluding steroid dienone is 1. The van der Waals surface area contributed by atoms with Gasteiger partial charge in [-0.1, -0.05) is 12.5 Å². The van der Waals surface area contributed by atoms with Crippen molar-refractivity contribution in [2.24, 2.45) is 5.92 Å². The van der Waals surface area contributed by atoms with E-state index in [1.54, 1.807) is 4.90 Å². The minimum Gasteiger partial charge on any atom is -0.489 e. The molecule has 8 nitrogen and oxygen atoms in total. The van der Waals surface area contributed by atoms with E-state index in [9.17, 15) is 14.4 Å². The molecule has 1 aromatic carbocycles. The number of rotatable bonds is 5. The third-order valence-electron chi connectivity index (χ3n) is 8.34. The average molecular weight is 479 g/mol. The number of amides is 3. The number of nitrogens with one attached hydrogen (secondary N) is 2. The summed E-state index contributed by atoms with van der Waals surface area (Å²) in [5.74, 6) is 0.632. The van der Waals surface area contributed by atoms with Crippen LogP contribution in [0.5, 0.6) is 5.75 Å². The number of benzene rings is 1. The number of piperidine rings is 1. The number of hydrogen-bond donors (Lipinski definition) is 2. The third kappa shape index (κ3) is 4.33. The lowest BCUT2D eigenvalue weighted by atomic mass is 9.85. The molecular weight excluding hydrogens is 444 g/mol. The third-order valence-corrected chi connectivity index (χ3v) is 8.34. The van der Waals surface area contributed by atoms with E-state index in [0.29, 0.717) is 30.5 Å². The van der Waals surface area contributed by atoms with Gasteiger partial charge in [-0.2, -0.15) is 0 Å². The standard InChI is InChI=1S/C27H34N4O4/c32-25-11-10-23(26(33)29-25)31-16-17-13-19(8-9-20(17)27(31)34)35-24-7-2-1-6-22(24)30-14-18(15-30)21-5-3-4-12-28-21/h5,8-9,13,18,22-24,28H,1-4,6-7,10-12,14-16H2,(H,29,32,33)/t22-,23?,24-/m1/s1. The summed E-state index contributed by atoms with van der Waals surface area (Å²) in [5.41, 5.74) is 2.95. The molecule has 5 aliphatic rings. The number of likely N-dealkylation sites (tertiary alicyclic amines) is 1. The molecule has 1 saturated carbocycles. The van der Waals surface area contributed by atoms with E-state index in [1.165, 1.54) is 31.4 Å². The number of ether oxygens (including phenoxy) is 1. The Balaban J connectivity index is 1.11. The number of imide groups is 1. The average Bonchev–Trinajstić information content (AvgIpc) is 3.15. The number of fused-ring (bicyclic) bond motifs is 1. The lowest BCUT2D eigenvalue weighted by Crippen LogP contribution is -2.59. The Kier molecular flexibility index (Phi) is 6.00.